The van der Waals surface area contributed by atoms with E-state index in [0.717, 1.165) is 0 Å². The Hall–Kier alpha value is -0.640. The van der Waals surface area contributed by atoms with Gasteiger partial charge < -0.3 is 10.2 Å². The van der Waals surface area contributed by atoms with Gasteiger partial charge in [-0.15, -0.1) is 0 Å². The number of halogens is 1. The Balaban J connectivity index is 3.91. The van der Waals surface area contributed by atoms with Crippen molar-refractivity contribution in [1.29, 1.82) is 0 Å². The molecule has 1 atom stereocenters. The van der Waals surface area contributed by atoms with E-state index in [1.165, 1.54) is 6.92 Å². The average Bonchev–Trinajstić information content (AvgIpc) is 1.67. The van der Waals surface area contributed by atoms with E-state index in [-0.39, 0.29) is 0 Å². The first-order valence-corrected chi connectivity index (χ1v) is 2.15. The fourth-order valence-electron chi connectivity index (χ4n) is 0.151. The van der Waals surface area contributed by atoms with Crippen molar-refractivity contribution in [2.75, 3.05) is 0 Å². The monoisotopic (exact) mass is 122 g/mol. The molecular weight excluding hydrogens is 115 g/mol. The molecule has 0 aliphatic carbocycles. The number of alkyl halides is 1. The molecule has 8 heavy (non-hydrogen) atoms. The van der Waals surface area contributed by atoms with Gasteiger partial charge in [-0.25, -0.2) is 4.79 Å². The van der Waals surface area contributed by atoms with Crippen LogP contribution in [0.5, 0.6) is 0 Å². The first-order chi connectivity index (χ1) is 3.50. The summed E-state index contributed by atoms with van der Waals surface area (Å²) in [6.07, 6.45) is -0.428. The fraction of sp³-hybridized carbons (Fsp3) is 0.750. The Morgan fingerprint density at radius 3 is 2.25 bits per heavy atom. The lowest BCUT2D eigenvalue weighted by Crippen LogP contribution is -2.31. The topological polar surface area (TPSA) is 57.5 Å². The third-order valence-corrected chi connectivity index (χ3v) is 0.796. The lowest BCUT2D eigenvalue weighted by Gasteiger charge is -2.08. The van der Waals surface area contributed by atoms with E-state index in [2.05, 4.69) is 0 Å². The predicted octanol–water partition coefficient (Wildman–Crippen LogP) is 0.139. The Kier molecular flexibility index (Phi) is 1.92. The minimum absolute atomic E-state index is 0.428. The Morgan fingerprint density at radius 2 is 2.25 bits per heavy atom. The van der Waals surface area contributed by atoms with Crippen molar-refractivity contribution >= 4 is 5.97 Å². The summed E-state index contributed by atoms with van der Waals surface area (Å²) in [5.74, 6) is -4.87. The van der Waals surface area contributed by atoms with Gasteiger partial charge in [0.15, 0.2) is 0 Å². The van der Waals surface area contributed by atoms with Crippen LogP contribution in [0.15, 0.2) is 0 Å². The molecule has 0 bridgehead atoms. The Bertz CT molecular complexity index is 99.5. The Labute approximate surface area is 45.7 Å². The van der Waals surface area contributed by atoms with Crippen molar-refractivity contribution in [2.45, 2.75) is 19.2 Å². The molecule has 0 radical (unpaired) electrons. The SMILES string of the molecule is CCC(O)(F)C(=O)O. The highest BCUT2D eigenvalue weighted by Gasteiger charge is 2.32. The third-order valence-electron chi connectivity index (χ3n) is 0.796. The highest BCUT2D eigenvalue weighted by atomic mass is 19.2. The van der Waals surface area contributed by atoms with E-state index in [4.69, 9.17) is 10.2 Å². The van der Waals surface area contributed by atoms with Gasteiger partial charge in [-0.05, 0) is 0 Å². The number of carbonyl (C=O) groups is 1. The second kappa shape index (κ2) is 2.09. The number of hydrogen-bond acceptors (Lipinski definition) is 2. The quantitative estimate of drug-likeness (QED) is 0.547. The van der Waals surface area contributed by atoms with Gasteiger partial charge in [0.1, 0.15) is 0 Å². The van der Waals surface area contributed by atoms with Crippen LogP contribution in [0.4, 0.5) is 4.39 Å². The molecule has 4 heteroatoms. The first-order valence-electron chi connectivity index (χ1n) is 2.15. The summed E-state index contributed by atoms with van der Waals surface area (Å²) < 4.78 is 11.9. The van der Waals surface area contributed by atoms with Crippen LogP contribution in [-0.4, -0.2) is 22.0 Å². The van der Waals surface area contributed by atoms with E-state index in [9.17, 15) is 9.18 Å². The molecule has 0 aromatic carbocycles. The van der Waals surface area contributed by atoms with E-state index in [0.29, 0.717) is 0 Å². The Morgan fingerprint density at radius 1 is 1.88 bits per heavy atom. The fourth-order valence-corrected chi connectivity index (χ4v) is 0.151. The molecular formula is C4H7FO3. The van der Waals surface area contributed by atoms with Crippen LogP contribution in [0.1, 0.15) is 13.3 Å². The second-order valence-corrected chi connectivity index (χ2v) is 1.42. The summed E-state index contributed by atoms with van der Waals surface area (Å²) in [5.41, 5.74) is 0. The van der Waals surface area contributed by atoms with Gasteiger partial charge in [-0.3, -0.25) is 0 Å². The van der Waals surface area contributed by atoms with Crippen LogP contribution in [0.3, 0.4) is 0 Å². The number of aliphatic hydroxyl groups is 1. The lowest BCUT2D eigenvalue weighted by atomic mass is 10.2. The van der Waals surface area contributed by atoms with Gasteiger partial charge in [-0.1, -0.05) is 6.92 Å². The molecule has 0 fully saturated rings. The van der Waals surface area contributed by atoms with Crippen LogP contribution in [0.2, 0.25) is 0 Å². The molecule has 3 nitrogen and oxygen atoms in total. The highest BCUT2D eigenvalue weighted by molar-refractivity contribution is 5.74. The molecule has 0 aliphatic heterocycles. The van der Waals surface area contributed by atoms with Gasteiger partial charge in [-0.2, -0.15) is 4.39 Å². The van der Waals surface area contributed by atoms with E-state index in [1.807, 2.05) is 0 Å². The van der Waals surface area contributed by atoms with Crippen LogP contribution >= 0.6 is 0 Å². The van der Waals surface area contributed by atoms with Crippen LogP contribution in [-0.2, 0) is 4.79 Å². The molecule has 0 heterocycles. The molecule has 0 rings (SSSR count). The van der Waals surface area contributed by atoms with Gasteiger partial charge in [0.25, 0.3) is 0 Å². The van der Waals surface area contributed by atoms with Gasteiger partial charge in [0, 0.05) is 6.42 Å². The highest BCUT2D eigenvalue weighted by Crippen LogP contribution is 2.09. The smallest absolute Gasteiger partial charge is 0.369 e. The molecule has 0 amide bonds. The number of aliphatic carboxylic acids is 1. The maximum absolute atomic E-state index is 11.9. The lowest BCUT2D eigenvalue weighted by molar-refractivity contribution is -0.180. The average molecular weight is 122 g/mol. The van der Waals surface area contributed by atoms with Crippen LogP contribution in [0, 0.1) is 0 Å². The third kappa shape index (κ3) is 1.46. The van der Waals surface area contributed by atoms with Gasteiger partial charge >= 0.3 is 11.8 Å². The number of rotatable bonds is 2. The largest absolute Gasteiger partial charge is 0.477 e. The zero-order chi connectivity index (χ0) is 6.78. The zero-order valence-corrected chi connectivity index (χ0v) is 4.39. The number of carboxylic acid groups (broad SMARTS) is 1. The van der Waals surface area contributed by atoms with Crippen molar-refractivity contribution in [2.24, 2.45) is 0 Å². The van der Waals surface area contributed by atoms with Crippen LogP contribution in [0.25, 0.3) is 0 Å². The van der Waals surface area contributed by atoms with Gasteiger partial charge in [0.2, 0.25) is 0 Å². The van der Waals surface area contributed by atoms with Gasteiger partial charge in [0.05, 0.1) is 0 Å². The molecule has 0 aromatic heterocycles. The summed E-state index contributed by atoms with van der Waals surface area (Å²) in [4.78, 5) is 9.63. The second-order valence-electron chi connectivity index (χ2n) is 1.42. The molecule has 0 spiro atoms. The van der Waals surface area contributed by atoms with E-state index < -0.39 is 18.2 Å². The summed E-state index contributed by atoms with van der Waals surface area (Å²) >= 11 is 0. The summed E-state index contributed by atoms with van der Waals surface area (Å²) in [5, 5.41) is 16.0. The summed E-state index contributed by atoms with van der Waals surface area (Å²) in [6.45, 7) is 1.24. The maximum atomic E-state index is 11.9. The predicted molar refractivity (Wildman–Crippen MR) is 24.0 cm³/mol. The summed E-state index contributed by atoms with van der Waals surface area (Å²) in [6, 6.07) is 0. The molecule has 0 aliphatic rings. The molecule has 0 saturated heterocycles. The number of carboxylic acids is 1. The van der Waals surface area contributed by atoms with E-state index >= 15 is 0 Å². The minimum atomic E-state index is -3.04. The summed E-state index contributed by atoms with van der Waals surface area (Å²) in [7, 11) is 0. The van der Waals surface area contributed by atoms with Crippen molar-refractivity contribution < 1.29 is 19.4 Å². The molecule has 0 aromatic rings. The molecule has 48 valence electrons. The van der Waals surface area contributed by atoms with E-state index in [1.54, 1.807) is 0 Å². The van der Waals surface area contributed by atoms with Crippen molar-refractivity contribution in [3.05, 3.63) is 0 Å². The zero-order valence-electron chi connectivity index (χ0n) is 4.39. The molecule has 1 unspecified atom stereocenters. The van der Waals surface area contributed by atoms with Crippen molar-refractivity contribution in [3.63, 3.8) is 0 Å². The molecule has 2 N–H and O–H groups in total. The standard InChI is InChI=1S/C4H7FO3/c1-2-4(5,8)3(6)7/h8H,2H2,1H3,(H,6,7). The number of hydrogen-bond donors (Lipinski definition) is 2. The van der Waals surface area contributed by atoms with Crippen molar-refractivity contribution in [3.8, 4) is 0 Å². The normalized spacial score (nSPS) is 17.4. The molecule has 0 saturated carbocycles. The minimum Gasteiger partial charge on any atom is -0.477 e. The first kappa shape index (κ1) is 7.36. The maximum Gasteiger partial charge on any atom is 0.369 e. The van der Waals surface area contributed by atoms with Crippen molar-refractivity contribution in [1.82, 2.24) is 0 Å². The van der Waals surface area contributed by atoms with Crippen LogP contribution < -0.4 is 0 Å².